The zero-order valence-electron chi connectivity index (χ0n) is 15.2. The van der Waals surface area contributed by atoms with Gasteiger partial charge in [0.15, 0.2) is 0 Å². The van der Waals surface area contributed by atoms with Gasteiger partial charge < -0.3 is 14.5 Å². The fourth-order valence-electron chi connectivity index (χ4n) is 2.48. The molecule has 2 N–H and O–H groups in total. The van der Waals surface area contributed by atoms with E-state index in [2.05, 4.69) is 10.0 Å². The van der Waals surface area contributed by atoms with Crippen LogP contribution in [0.2, 0.25) is 0 Å². The summed E-state index contributed by atoms with van der Waals surface area (Å²) >= 11 is 0. The predicted molar refractivity (Wildman–Crippen MR) is 105 cm³/mol. The highest BCUT2D eigenvalue weighted by molar-refractivity contribution is 7.89. The fraction of sp³-hybridized carbons (Fsp3) is 0.150. The van der Waals surface area contributed by atoms with Crippen LogP contribution in [0.4, 0.5) is 5.69 Å². The molecule has 2 aromatic carbocycles. The van der Waals surface area contributed by atoms with Crippen molar-refractivity contribution in [3.05, 3.63) is 78.3 Å². The molecule has 0 spiro atoms. The van der Waals surface area contributed by atoms with E-state index in [1.54, 1.807) is 36.4 Å². The monoisotopic (exact) mass is 400 g/mol. The molecule has 0 aliphatic heterocycles. The van der Waals surface area contributed by atoms with Crippen molar-refractivity contribution in [3.8, 4) is 5.75 Å². The highest BCUT2D eigenvalue weighted by atomic mass is 32.2. The second-order valence-electron chi connectivity index (χ2n) is 5.84. The Morgan fingerprint density at radius 1 is 1.07 bits per heavy atom. The Morgan fingerprint density at radius 2 is 1.86 bits per heavy atom. The first-order valence-electron chi connectivity index (χ1n) is 8.64. The number of carbonyl (C=O) groups excluding carboxylic acids is 1. The first-order valence-corrected chi connectivity index (χ1v) is 10.1. The molecule has 1 aromatic heterocycles. The SMILES string of the molecule is CCOc1cccc(C(=O)Nc2ccc(S(=O)(=O)NCc3ccco3)cc2)c1. The molecular weight excluding hydrogens is 380 g/mol. The Hall–Kier alpha value is -3.10. The lowest BCUT2D eigenvalue weighted by atomic mass is 10.2. The van der Waals surface area contributed by atoms with Crippen molar-refractivity contribution in [1.29, 1.82) is 0 Å². The van der Waals surface area contributed by atoms with Crippen LogP contribution >= 0.6 is 0 Å². The summed E-state index contributed by atoms with van der Waals surface area (Å²) in [6.45, 7) is 2.44. The fourth-order valence-corrected chi connectivity index (χ4v) is 3.47. The molecule has 1 heterocycles. The van der Waals surface area contributed by atoms with Crippen LogP contribution in [-0.2, 0) is 16.6 Å². The Kier molecular flexibility index (Phi) is 6.13. The smallest absolute Gasteiger partial charge is 0.255 e. The normalized spacial score (nSPS) is 11.2. The molecule has 0 aliphatic rings. The summed E-state index contributed by atoms with van der Waals surface area (Å²) < 4.78 is 37.6. The predicted octanol–water partition coefficient (Wildman–Crippen LogP) is 3.41. The maximum atomic E-state index is 12.4. The van der Waals surface area contributed by atoms with E-state index in [9.17, 15) is 13.2 Å². The molecule has 1 amide bonds. The van der Waals surface area contributed by atoms with Crippen molar-refractivity contribution < 1.29 is 22.4 Å². The molecule has 3 aromatic rings. The van der Waals surface area contributed by atoms with Gasteiger partial charge in [0.25, 0.3) is 5.91 Å². The maximum Gasteiger partial charge on any atom is 0.255 e. The number of benzene rings is 2. The number of nitrogens with one attached hydrogen (secondary N) is 2. The minimum atomic E-state index is -3.68. The van der Waals surface area contributed by atoms with Gasteiger partial charge in [-0.15, -0.1) is 0 Å². The van der Waals surface area contributed by atoms with Crippen molar-refractivity contribution in [2.45, 2.75) is 18.4 Å². The minimum Gasteiger partial charge on any atom is -0.494 e. The molecule has 0 saturated carbocycles. The molecule has 3 rings (SSSR count). The summed E-state index contributed by atoms with van der Waals surface area (Å²) in [6.07, 6.45) is 1.48. The molecule has 0 radical (unpaired) electrons. The minimum absolute atomic E-state index is 0.0595. The first kappa shape index (κ1) is 19.7. The third kappa shape index (κ3) is 4.99. The van der Waals surface area contributed by atoms with Crippen LogP contribution in [0.5, 0.6) is 5.75 Å². The van der Waals surface area contributed by atoms with E-state index in [1.165, 1.54) is 30.5 Å². The molecule has 0 fully saturated rings. The zero-order valence-corrected chi connectivity index (χ0v) is 16.0. The largest absolute Gasteiger partial charge is 0.494 e. The van der Waals surface area contributed by atoms with Crippen molar-refractivity contribution in [3.63, 3.8) is 0 Å². The van der Waals surface area contributed by atoms with Crippen molar-refractivity contribution in [2.24, 2.45) is 0 Å². The molecule has 7 nitrogen and oxygen atoms in total. The second kappa shape index (κ2) is 8.73. The number of hydrogen-bond acceptors (Lipinski definition) is 5. The number of ether oxygens (including phenoxy) is 1. The Bertz CT molecular complexity index is 1030. The van der Waals surface area contributed by atoms with Crippen LogP contribution in [0.1, 0.15) is 23.0 Å². The van der Waals surface area contributed by atoms with E-state index in [0.717, 1.165) is 0 Å². The van der Waals surface area contributed by atoms with Crippen LogP contribution < -0.4 is 14.8 Å². The summed E-state index contributed by atoms with van der Waals surface area (Å²) in [4.78, 5) is 12.5. The first-order chi connectivity index (χ1) is 13.5. The van der Waals surface area contributed by atoms with Gasteiger partial charge in [0.2, 0.25) is 10.0 Å². The van der Waals surface area contributed by atoms with Gasteiger partial charge >= 0.3 is 0 Å². The quantitative estimate of drug-likeness (QED) is 0.604. The topological polar surface area (TPSA) is 97.6 Å². The summed E-state index contributed by atoms with van der Waals surface area (Å²) in [6, 6.07) is 16.1. The highest BCUT2D eigenvalue weighted by Crippen LogP contribution is 2.17. The number of amides is 1. The molecule has 0 atom stereocenters. The van der Waals surface area contributed by atoms with Crippen LogP contribution in [0.15, 0.2) is 76.2 Å². The van der Waals surface area contributed by atoms with Crippen molar-refractivity contribution in [2.75, 3.05) is 11.9 Å². The van der Waals surface area contributed by atoms with E-state index in [1.807, 2.05) is 6.92 Å². The van der Waals surface area contributed by atoms with Crippen LogP contribution in [0.3, 0.4) is 0 Å². The molecular formula is C20H20N2O5S. The van der Waals surface area contributed by atoms with Crippen LogP contribution in [-0.4, -0.2) is 20.9 Å². The van der Waals surface area contributed by atoms with Crippen LogP contribution in [0, 0.1) is 0 Å². The highest BCUT2D eigenvalue weighted by Gasteiger charge is 2.15. The van der Waals surface area contributed by atoms with Crippen molar-refractivity contribution in [1.82, 2.24) is 4.72 Å². The third-order valence-electron chi connectivity index (χ3n) is 3.85. The van der Waals surface area contributed by atoms with Crippen LogP contribution in [0.25, 0.3) is 0 Å². The van der Waals surface area contributed by atoms with Gasteiger partial charge in [0.05, 0.1) is 24.3 Å². The molecule has 0 bridgehead atoms. The summed E-state index contributed by atoms with van der Waals surface area (Å²) in [5.41, 5.74) is 0.930. The molecule has 8 heteroatoms. The van der Waals surface area contributed by atoms with Gasteiger partial charge in [-0.3, -0.25) is 4.79 Å². The number of furan rings is 1. The average Bonchev–Trinajstić information content (AvgIpc) is 3.21. The number of anilines is 1. The van der Waals surface area contributed by atoms with Gasteiger partial charge in [-0.25, -0.2) is 13.1 Å². The molecule has 0 aliphatic carbocycles. The van der Waals surface area contributed by atoms with E-state index >= 15 is 0 Å². The standard InChI is InChI=1S/C20H20N2O5S/c1-2-26-17-6-3-5-15(13-17)20(23)22-16-8-10-19(11-9-16)28(24,25)21-14-18-7-4-12-27-18/h3-13,21H,2,14H2,1H3,(H,22,23). The lowest BCUT2D eigenvalue weighted by molar-refractivity contribution is 0.102. The Labute approximate surface area is 163 Å². The lowest BCUT2D eigenvalue weighted by Gasteiger charge is -2.09. The third-order valence-corrected chi connectivity index (χ3v) is 5.26. The maximum absolute atomic E-state index is 12.4. The number of rotatable bonds is 8. The Morgan fingerprint density at radius 3 is 2.54 bits per heavy atom. The van der Waals surface area contributed by atoms with E-state index in [0.29, 0.717) is 29.4 Å². The summed E-state index contributed by atoms with van der Waals surface area (Å²) in [5, 5.41) is 2.74. The number of hydrogen-bond donors (Lipinski definition) is 2. The second-order valence-corrected chi connectivity index (χ2v) is 7.61. The average molecular weight is 400 g/mol. The zero-order chi connectivity index (χ0) is 20.0. The van der Waals surface area contributed by atoms with Gasteiger partial charge in [-0.2, -0.15) is 0 Å². The van der Waals surface area contributed by atoms with E-state index in [4.69, 9.17) is 9.15 Å². The molecule has 146 valence electrons. The van der Waals surface area contributed by atoms with Crippen molar-refractivity contribution >= 4 is 21.6 Å². The summed E-state index contributed by atoms with van der Waals surface area (Å²) in [5.74, 6) is 0.814. The summed E-state index contributed by atoms with van der Waals surface area (Å²) in [7, 11) is -3.68. The molecule has 28 heavy (non-hydrogen) atoms. The lowest BCUT2D eigenvalue weighted by Crippen LogP contribution is -2.23. The van der Waals surface area contributed by atoms with E-state index in [-0.39, 0.29) is 17.3 Å². The van der Waals surface area contributed by atoms with Gasteiger partial charge in [-0.1, -0.05) is 6.07 Å². The Balaban J connectivity index is 1.65. The van der Waals surface area contributed by atoms with Gasteiger partial charge in [0, 0.05) is 11.3 Å². The molecule has 0 saturated heterocycles. The van der Waals surface area contributed by atoms with E-state index < -0.39 is 10.0 Å². The van der Waals surface area contributed by atoms with Gasteiger partial charge in [0.1, 0.15) is 11.5 Å². The number of carbonyl (C=O) groups is 1. The number of sulfonamides is 1. The van der Waals surface area contributed by atoms with Gasteiger partial charge in [-0.05, 0) is 61.5 Å². The molecule has 0 unspecified atom stereocenters.